The number of carbonyl (C=O) groups excluding carboxylic acids is 1. The van der Waals surface area contributed by atoms with Crippen LogP contribution < -0.4 is 5.32 Å². The first-order valence-electron chi connectivity index (χ1n) is 9.65. The number of hydrogen-bond acceptors (Lipinski definition) is 5. The Kier molecular flexibility index (Phi) is 6.29. The van der Waals surface area contributed by atoms with E-state index >= 15 is 0 Å². The van der Waals surface area contributed by atoms with Gasteiger partial charge in [-0.2, -0.15) is 10.3 Å². The van der Waals surface area contributed by atoms with Crippen molar-refractivity contribution in [3.8, 4) is 16.9 Å². The highest BCUT2D eigenvalue weighted by Gasteiger charge is 2.22. The number of aryl methyl sites for hydroxylation is 1. The number of H-pyrrole nitrogens is 1. The van der Waals surface area contributed by atoms with Crippen molar-refractivity contribution >= 4 is 29.1 Å². The van der Waals surface area contributed by atoms with E-state index in [1.54, 1.807) is 16.8 Å². The molecule has 0 aliphatic heterocycles. The number of amides is 1. The van der Waals surface area contributed by atoms with E-state index in [0.717, 1.165) is 22.5 Å². The quantitative estimate of drug-likeness (QED) is 0.409. The molecular weight excluding hydrogens is 437 g/mol. The maximum absolute atomic E-state index is 12.9. The number of tetrazole rings is 1. The average molecular weight is 456 g/mol. The summed E-state index contributed by atoms with van der Waals surface area (Å²) in [5, 5.41) is 22.6. The highest BCUT2D eigenvalue weighted by Crippen LogP contribution is 2.30. The SMILES string of the molecule is Cc1c(C(=O)NCCCc2nn[nH]n2)nn(-c2ccc(Cl)cc2)c1-c1ccc(Cl)cc1. The van der Waals surface area contributed by atoms with Gasteiger partial charge in [0.2, 0.25) is 0 Å². The molecule has 0 unspecified atom stereocenters. The molecule has 8 nitrogen and oxygen atoms in total. The van der Waals surface area contributed by atoms with Crippen LogP contribution in [-0.4, -0.2) is 42.9 Å². The van der Waals surface area contributed by atoms with Gasteiger partial charge in [0.25, 0.3) is 5.91 Å². The molecule has 158 valence electrons. The van der Waals surface area contributed by atoms with Crippen LogP contribution in [0.4, 0.5) is 0 Å². The Bertz CT molecular complexity index is 1170. The fourth-order valence-electron chi connectivity index (χ4n) is 3.25. The van der Waals surface area contributed by atoms with E-state index in [1.165, 1.54) is 0 Å². The molecule has 4 rings (SSSR count). The zero-order valence-electron chi connectivity index (χ0n) is 16.6. The van der Waals surface area contributed by atoms with E-state index in [2.05, 4.69) is 31.0 Å². The molecule has 2 aromatic heterocycles. The predicted molar refractivity (Wildman–Crippen MR) is 119 cm³/mol. The maximum atomic E-state index is 12.9. The van der Waals surface area contributed by atoms with Gasteiger partial charge in [0.05, 0.1) is 11.4 Å². The molecule has 1 amide bonds. The Morgan fingerprint density at radius 1 is 1.06 bits per heavy atom. The van der Waals surface area contributed by atoms with Crippen molar-refractivity contribution in [2.45, 2.75) is 19.8 Å². The van der Waals surface area contributed by atoms with Crippen LogP contribution in [0.2, 0.25) is 10.0 Å². The molecule has 2 aromatic carbocycles. The molecular formula is C21H19Cl2N7O. The van der Waals surface area contributed by atoms with Crippen molar-refractivity contribution in [2.24, 2.45) is 0 Å². The van der Waals surface area contributed by atoms with Crippen LogP contribution in [0.25, 0.3) is 16.9 Å². The predicted octanol–water partition coefficient (Wildman–Crippen LogP) is 4.03. The number of rotatable bonds is 7. The van der Waals surface area contributed by atoms with Gasteiger partial charge in [-0.1, -0.05) is 40.5 Å². The largest absolute Gasteiger partial charge is 0.351 e. The van der Waals surface area contributed by atoms with Crippen LogP contribution >= 0.6 is 23.2 Å². The first-order chi connectivity index (χ1) is 15.0. The molecule has 0 aliphatic rings. The molecule has 0 radical (unpaired) electrons. The summed E-state index contributed by atoms with van der Waals surface area (Å²) in [4.78, 5) is 12.9. The van der Waals surface area contributed by atoms with Gasteiger partial charge in [0.15, 0.2) is 11.5 Å². The molecule has 10 heteroatoms. The van der Waals surface area contributed by atoms with Crippen molar-refractivity contribution in [2.75, 3.05) is 6.54 Å². The Balaban J connectivity index is 1.61. The normalized spacial score (nSPS) is 10.9. The highest BCUT2D eigenvalue weighted by molar-refractivity contribution is 6.30. The number of aromatic nitrogens is 6. The Labute approximate surface area is 188 Å². The zero-order valence-corrected chi connectivity index (χ0v) is 18.2. The minimum absolute atomic E-state index is 0.242. The molecule has 0 bridgehead atoms. The van der Waals surface area contributed by atoms with Gasteiger partial charge >= 0.3 is 0 Å². The first kappa shape index (κ1) is 21.0. The van der Waals surface area contributed by atoms with Gasteiger partial charge in [-0.3, -0.25) is 4.79 Å². The van der Waals surface area contributed by atoms with E-state index in [-0.39, 0.29) is 5.91 Å². The minimum atomic E-state index is -0.242. The van der Waals surface area contributed by atoms with E-state index in [4.69, 9.17) is 23.2 Å². The van der Waals surface area contributed by atoms with E-state index < -0.39 is 0 Å². The van der Waals surface area contributed by atoms with Crippen molar-refractivity contribution in [1.29, 1.82) is 0 Å². The molecule has 0 saturated heterocycles. The summed E-state index contributed by atoms with van der Waals surface area (Å²) in [5.41, 5.74) is 3.65. The first-order valence-corrected chi connectivity index (χ1v) is 10.4. The van der Waals surface area contributed by atoms with Crippen LogP contribution in [-0.2, 0) is 6.42 Å². The van der Waals surface area contributed by atoms with E-state index in [1.807, 2.05) is 43.3 Å². The van der Waals surface area contributed by atoms with Crippen molar-refractivity contribution in [3.63, 3.8) is 0 Å². The third-order valence-electron chi connectivity index (χ3n) is 4.78. The molecule has 2 N–H and O–H groups in total. The Morgan fingerprint density at radius 3 is 2.39 bits per heavy atom. The lowest BCUT2D eigenvalue weighted by Gasteiger charge is -2.09. The second kappa shape index (κ2) is 9.28. The van der Waals surface area contributed by atoms with Gasteiger partial charge in [-0.15, -0.1) is 10.2 Å². The second-order valence-corrected chi connectivity index (χ2v) is 7.78. The van der Waals surface area contributed by atoms with Gasteiger partial charge in [0.1, 0.15) is 0 Å². The monoisotopic (exact) mass is 455 g/mol. The Morgan fingerprint density at radius 2 is 1.74 bits per heavy atom. The number of aromatic amines is 1. The van der Waals surface area contributed by atoms with Crippen molar-refractivity contribution in [1.82, 2.24) is 35.7 Å². The average Bonchev–Trinajstić information content (AvgIpc) is 3.40. The van der Waals surface area contributed by atoms with Crippen molar-refractivity contribution in [3.05, 3.63) is 75.7 Å². The van der Waals surface area contributed by atoms with Crippen LogP contribution in [0.1, 0.15) is 28.3 Å². The summed E-state index contributed by atoms with van der Waals surface area (Å²) in [6.45, 7) is 2.36. The molecule has 31 heavy (non-hydrogen) atoms. The van der Waals surface area contributed by atoms with Gasteiger partial charge in [-0.25, -0.2) is 4.68 Å². The number of halogens is 2. The van der Waals surface area contributed by atoms with Gasteiger partial charge in [0, 0.05) is 34.1 Å². The summed E-state index contributed by atoms with van der Waals surface area (Å²) in [7, 11) is 0. The molecule has 0 spiro atoms. The van der Waals surface area contributed by atoms with E-state index in [0.29, 0.717) is 40.9 Å². The molecule has 0 aliphatic carbocycles. The third kappa shape index (κ3) is 4.76. The fourth-order valence-corrected chi connectivity index (χ4v) is 3.50. The summed E-state index contributed by atoms with van der Waals surface area (Å²) < 4.78 is 1.75. The highest BCUT2D eigenvalue weighted by atomic mass is 35.5. The smallest absolute Gasteiger partial charge is 0.272 e. The fraction of sp³-hybridized carbons (Fsp3) is 0.190. The lowest BCUT2D eigenvalue weighted by atomic mass is 10.1. The molecule has 0 atom stereocenters. The summed E-state index contributed by atoms with van der Waals surface area (Å²) >= 11 is 12.1. The number of hydrogen-bond donors (Lipinski definition) is 2. The van der Waals surface area contributed by atoms with Gasteiger partial charge in [-0.05, 0) is 49.7 Å². The second-order valence-electron chi connectivity index (χ2n) is 6.90. The number of nitrogens with one attached hydrogen (secondary N) is 2. The molecule has 0 fully saturated rings. The molecule has 2 heterocycles. The van der Waals surface area contributed by atoms with E-state index in [9.17, 15) is 4.79 Å². The molecule has 0 saturated carbocycles. The van der Waals surface area contributed by atoms with Crippen LogP contribution in [0, 0.1) is 6.92 Å². The maximum Gasteiger partial charge on any atom is 0.272 e. The number of nitrogens with zero attached hydrogens (tertiary/aromatic N) is 5. The summed E-state index contributed by atoms with van der Waals surface area (Å²) in [6, 6.07) is 14.7. The standard InChI is InChI=1S/C21H19Cl2N7O/c1-13-19(21(31)24-12-2-3-18-25-28-29-26-18)27-30(17-10-8-16(23)9-11-17)20(13)14-4-6-15(22)7-5-14/h4-11H,2-3,12H2,1H3,(H,24,31)(H,25,26,28,29). The lowest BCUT2D eigenvalue weighted by Crippen LogP contribution is -2.26. The zero-order chi connectivity index (χ0) is 21.8. The number of benzene rings is 2. The van der Waals surface area contributed by atoms with Crippen LogP contribution in [0.5, 0.6) is 0 Å². The summed E-state index contributed by atoms with van der Waals surface area (Å²) in [5.74, 6) is 0.371. The third-order valence-corrected chi connectivity index (χ3v) is 5.28. The Hall–Kier alpha value is -3.23. The number of carbonyl (C=O) groups is 1. The minimum Gasteiger partial charge on any atom is -0.351 e. The molecule has 4 aromatic rings. The van der Waals surface area contributed by atoms with Crippen LogP contribution in [0.15, 0.2) is 48.5 Å². The lowest BCUT2D eigenvalue weighted by molar-refractivity contribution is 0.0947. The topological polar surface area (TPSA) is 101 Å². The summed E-state index contributed by atoms with van der Waals surface area (Å²) in [6.07, 6.45) is 1.30. The van der Waals surface area contributed by atoms with Gasteiger partial charge < -0.3 is 5.32 Å². The van der Waals surface area contributed by atoms with Crippen LogP contribution in [0.3, 0.4) is 0 Å². The van der Waals surface area contributed by atoms with Crippen molar-refractivity contribution < 1.29 is 4.79 Å².